The number of hydrogen-bond acceptors (Lipinski definition) is 6. The van der Waals surface area contributed by atoms with Crippen LogP contribution >= 0.6 is 0 Å². The van der Waals surface area contributed by atoms with Crippen LogP contribution in [0.2, 0.25) is 0 Å². The second-order valence-corrected chi connectivity index (χ2v) is 6.90. The summed E-state index contributed by atoms with van der Waals surface area (Å²) in [6.45, 7) is 4.10. The number of carboxylic acid groups (broad SMARTS) is 1. The number of benzene rings is 1. The molecule has 0 aliphatic carbocycles. The highest BCUT2D eigenvalue weighted by Crippen LogP contribution is 2.25. The number of aromatic nitrogens is 4. The van der Waals surface area contributed by atoms with E-state index >= 15 is 0 Å². The van der Waals surface area contributed by atoms with Gasteiger partial charge in [-0.1, -0.05) is 6.07 Å². The molecule has 30 heavy (non-hydrogen) atoms. The van der Waals surface area contributed by atoms with Crippen molar-refractivity contribution in [1.29, 1.82) is 0 Å². The van der Waals surface area contributed by atoms with Crippen molar-refractivity contribution in [3.8, 4) is 11.3 Å². The fourth-order valence-corrected chi connectivity index (χ4v) is 3.12. The first-order chi connectivity index (χ1) is 14.2. The largest absolute Gasteiger partial charge is 0.490 e. The molecule has 1 unspecified atom stereocenters. The van der Waals surface area contributed by atoms with Gasteiger partial charge in [-0.05, 0) is 32.0 Å². The van der Waals surface area contributed by atoms with Crippen LogP contribution in [0.3, 0.4) is 0 Å². The van der Waals surface area contributed by atoms with E-state index in [2.05, 4.69) is 38.5 Å². The number of fused-ring (bicyclic) bond motifs is 1. The van der Waals surface area contributed by atoms with Crippen LogP contribution in [0.5, 0.6) is 0 Å². The van der Waals surface area contributed by atoms with Crippen LogP contribution in [0.25, 0.3) is 22.2 Å². The smallest absolute Gasteiger partial charge is 0.475 e. The fraction of sp³-hybridized carbons (Fsp3) is 0.368. The van der Waals surface area contributed by atoms with Gasteiger partial charge in [-0.15, -0.1) is 0 Å². The minimum Gasteiger partial charge on any atom is -0.475 e. The third kappa shape index (κ3) is 4.85. The van der Waals surface area contributed by atoms with E-state index in [0.717, 1.165) is 53.2 Å². The average molecular weight is 422 g/mol. The number of H-pyrrole nitrogens is 1. The molecule has 11 heteroatoms. The van der Waals surface area contributed by atoms with Crippen molar-refractivity contribution in [3.05, 3.63) is 36.3 Å². The Hall–Kier alpha value is -3.21. The number of alkyl halides is 3. The Morgan fingerprint density at radius 2 is 2.03 bits per heavy atom. The van der Waals surface area contributed by atoms with Crippen molar-refractivity contribution >= 4 is 22.7 Å². The van der Waals surface area contributed by atoms with Crippen LogP contribution in [0.4, 0.5) is 19.0 Å². The Morgan fingerprint density at radius 1 is 1.30 bits per heavy atom. The number of carbonyl (C=O) groups is 1. The summed E-state index contributed by atoms with van der Waals surface area (Å²) >= 11 is 0. The van der Waals surface area contributed by atoms with E-state index in [4.69, 9.17) is 14.9 Å². The van der Waals surface area contributed by atoms with E-state index in [-0.39, 0.29) is 0 Å². The van der Waals surface area contributed by atoms with E-state index in [9.17, 15) is 13.2 Å². The maximum absolute atomic E-state index is 10.6. The number of anilines is 1. The molecule has 3 heterocycles. The number of halogens is 3. The number of carboxylic acids is 1. The SMILES string of the molecule is Cc1[nH]nc2ccc(-c3cncc(N(C)C4CCNC4)n3)cc12.O=C(O)C(F)(F)F. The molecular formula is C19H21F3N6O2. The maximum atomic E-state index is 10.6. The molecule has 1 aromatic carbocycles. The molecule has 0 spiro atoms. The maximum Gasteiger partial charge on any atom is 0.490 e. The third-order valence-electron chi connectivity index (χ3n) is 4.85. The first kappa shape index (κ1) is 21.5. The molecule has 0 radical (unpaired) electrons. The standard InChI is InChI=1S/C17H20N6.C2HF3O2/c1-11-14-7-12(3-4-15(14)22-21-11)16-9-19-10-17(20-16)23(2)13-5-6-18-8-13;3-2(4,5)1(6)7/h3-4,7,9-10,13,18H,5-6,8H2,1-2H3,(H,21,22);(H,6,7). The normalized spacial score (nSPS) is 16.2. The zero-order valence-electron chi connectivity index (χ0n) is 16.4. The molecule has 4 rings (SSSR count). The second kappa shape index (κ2) is 8.66. The second-order valence-electron chi connectivity index (χ2n) is 6.90. The number of aromatic amines is 1. The van der Waals surface area contributed by atoms with Crippen molar-refractivity contribution in [2.24, 2.45) is 0 Å². The predicted molar refractivity (Wildman–Crippen MR) is 105 cm³/mol. The number of aryl methyl sites for hydroxylation is 1. The van der Waals surface area contributed by atoms with E-state index in [1.54, 1.807) is 0 Å². The highest BCUT2D eigenvalue weighted by molar-refractivity contribution is 5.85. The third-order valence-corrected chi connectivity index (χ3v) is 4.85. The molecule has 3 aromatic rings. The molecule has 1 aliphatic heterocycles. The summed E-state index contributed by atoms with van der Waals surface area (Å²) < 4.78 is 31.7. The van der Waals surface area contributed by atoms with Crippen molar-refractivity contribution in [2.75, 3.05) is 25.0 Å². The molecule has 3 N–H and O–H groups in total. The van der Waals surface area contributed by atoms with Gasteiger partial charge < -0.3 is 15.3 Å². The van der Waals surface area contributed by atoms with Crippen molar-refractivity contribution in [2.45, 2.75) is 25.6 Å². The monoisotopic (exact) mass is 422 g/mol. The number of nitrogens with one attached hydrogen (secondary N) is 2. The molecule has 1 saturated heterocycles. The van der Waals surface area contributed by atoms with E-state index in [0.29, 0.717) is 6.04 Å². The highest BCUT2D eigenvalue weighted by Gasteiger charge is 2.38. The summed E-state index contributed by atoms with van der Waals surface area (Å²) in [6, 6.07) is 6.68. The Labute approximate surface area is 170 Å². The fourth-order valence-electron chi connectivity index (χ4n) is 3.12. The molecule has 0 amide bonds. The van der Waals surface area contributed by atoms with Gasteiger partial charge in [0.15, 0.2) is 0 Å². The zero-order valence-corrected chi connectivity index (χ0v) is 16.4. The summed E-state index contributed by atoms with van der Waals surface area (Å²) in [5.41, 5.74) is 4.00. The van der Waals surface area contributed by atoms with Gasteiger partial charge in [0, 0.05) is 36.3 Å². The summed E-state index contributed by atoms with van der Waals surface area (Å²) in [7, 11) is 2.09. The van der Waals surface area contributed by atoms with Gasteiger partial charge in [0.05, 0.1) is 23.6 Å². The van der Waals surface area contributed by atoms with Gasteiger partial charge in [-0.3, -0.25) is 10.1 Å². The van der Waals surface area contributed by atoms with Crippen LogP contribution in [0.1, 0.15) is 12.1 Å². The van der Waals surface area contributed by atoms with Crippen LogP contribution in [0.15, 0.2) is 30.6 Å². The molecule has 8 nitrogen and oxygen atoms in total. The number of aliphatic carboxylic acids is 1. The molecule has 1 fully saturated rings. The lowest BCUT2D eigenvalue weighted by molar-refractivity contribution is -0.192. The highest BCUT2D eigenvalue weighted by atomic mass is 19.4. The number of nitrogens with zero attached hydrogens (tertiary/aromatic N) is 4. The van der Waals surface area contributed by atoms with Crippen molar-refractivity contribution in [1.82, 2.24) is 25.5 Å². The Kier molecular flexibility index (Phi) is 6.20. The van der Waals surface area contributed by atoms with E-state index in [1.165, 1.54) is 0 Å². The minimum absolute atomic E-state index is 0.484. The van der Waals surface area contributed by atoms with Gasteiger partial charge in [0.2, 0.25) is 0 Å². The van der Waals surface area contributed by atoms with Crippen LogP contribution in [-0.2, 0) is 4.79 Å². The molecule has 160 valence electrons. The van der Waals surface area contributed by atoms with E-state index in [1.807, 2.05) is 31.5 Å². The molecular weight excluding hydrogens is 401 g/mol. The summed E-state index contributed by atoms with van der Waals surface area (Å²) in [6.07, 6.45) is -0.285. The predicted octanol–water partition coefficient (Wildman–Crippen LogP) is 2.76. The average Bonchev–Trinajstić information content (AvgIpc) is 3.37. The molecule has 0 bridgehead atoms. The quantitative estimate of drug-likeness (QED) is 0.596. The Morgan fingerprint density at radius 3 is 2.67 bits per heavy atom. The number of likely N-dealkylation sites (N-methyl/N-ethyl adjacent to an activating group) is 1. The van der Waals surface area contributed by atoms with E-state index < -0.39 is 12.1 Å². The number of rotatable bonds is 3. The molecule has 1 atom stereocenters. The summed E-state index contributed by atoms with van der Waals surface area (Å²) in [4.78, 5) is 20.3. The summed E-state index contributed by atoms with van der Waals surface area (Å²) in [5, 5.41) is 18.9. The van der Waals surface area contributed by atoms with Crippen LogP contribution < -0.4 is 10.2 Å². The van der Waals surface area contributed by atoms with Gasteiger partial charge in [0.1, 0.15) is 5.82 Å². The van der Waals surface area contributed by atoms with Gasteiger partial charge in [-0.2, -0.15) is 18.3 Å². The lowest BCUT2D eigenvalue weighted by atomic mass is 10.1. The van der Waals surface area contributed by atoms with Crippen molar-refractivity contribution in [3.63, 3.8) is 0 Å². The van der Waals surface area contributed by atoms with Gasteiger partial charge >= 0.3 is 12.1 Å². The summed E-state index contributed by atoms with van der Waals surface area (Å²) in [5.74, 6) is -1.84. The molecule has 2 aromatic heterocycles. The van der Waals surface area contributed by atoms with Gasteiger partial charge in [-0.25, -0.2) is 9.78 Å². The van der Waals surface area contributed by atoms with Crippen LogP contribution in [-0.4, -0.2) is 63.6 Å². The Bertz CT molecular complexity index is 1030. The first-order valence-electron chi connectivity index (χ1n) is 9.17. The lowest BCUT2D eigenvalue weighted by Gasteiger charge is -2.24. The van der Waals surface area contributed by atoms with Crippen molar-refractivity contribution < 1.29 is 23.1 Å². The molecule has 0 saturated carbocycles. The zero-order chi connectivity index (χ0) is 21.9. The van der Waals surface area contributed by atoms with Crippen LogP contribution in [0, 0.1) is 6.92 Å². The Balaban J connectivity index is 0.000000318. The lowest BCUT2D eigenvalue weighted by Crippen LogP contribution is -2.34. The first-order valence-corrected chi connectivity index (χ1v) is 9.17. The number of hydrogen-bond donors (Lipinski definition) is 3. The minimum atomic E-state index is -5.08. The molecule has 1 aliphatic rings. The topological polar surface area (TPSA) is 107 Å². The van der Waals surface area contributed by atoms with Gasteiger partial charge in [0.25, 0.3) is 0 Å².